The molecule has 4 heteroatoms. The highest BCUT2D eigenvalue weighted by Gasteiger charge is 2.55. The van der Waals surface area contributed by atoms with Crippen molar-refractivity contribution in [1.82, 2.24) is 0 Å². The summed E-state index contributed by atoms with van der Waals surface area (Å²) in [5.74, 6) is -0.603. The fourth-order valence-corrected chi connectivity index (χ4v) is 3.18. The Morgan fingerprint density at radius 3 is 3.00 bits per heavy atom. The molecule has 19 heavy (non-hydrogen) atoms. The van der Waals surface area contributed by atoms with Gasteiger partial charge in [-0.2, -0.15) is 0 Å². The fraction of sp³-hybridized carbons (Fsp3) is 0.600. The van der Waals surface area contributed by atoms with Gasteiger partial charge in [-0.15, -0.1) is 0 Å². The van der Waals surface area contributed by atoms with Gasteiger partial charge in [-0.25, -0.2) is 0 Å². The summed E-state index contributed by atoms with van der Waals surface area (Å²) in [6, 6.07) is 0. The van der Waals surface area contributed by atoms with Gasteiger partial charge in [-0.05, 0) is 6.42 Å². The minimum atomic E-state index is -0.302. The molecule has 0 amide bonds. The average Bonchev–Trinajstić information content (AvgIpc) is 2.62. The van der Waals surface area contributed by atoms with Crippen molar-refractivity contribution in [1.29, 1.82) is 0 Å². The maximum Gasteiger partial charge on any atom is 0.310 e. The van der Waals surface area contributed by atoms with Gasteiger partial charge in [0.15, 0.2) is 0 Å². The number of ether oxygens (including phenoxy) is 2. The number of rotatable bonds is 3. The molecule has 1 heterocycles. The van der Waals surface area contributed by atoms with Crippen LogP contribution in [0.4, 0.5) is 0 Å². The Balaban J connectivity index is 2.15. The van der Waals surface area contributed by atoms with Gasteiger partial charge in [-0.3, -0.25) is 9.59 Å². The zero-order chi connectivity index (χ0) is 14.1. The third-order valence-electron chi connectivity index (χ3n) is 4.02. The Bertz CT molecular complexity index is 451. The van der Waals surface area contributed by atoms with Crippen LogP contribution in [0.2, 0.25) is 0 Å². The van der Waals surface area contributed by atoms with E-state index in [-0.39, 0.29) is 35.3 Å². The van der Waals surface area contributed by atoms with E-state index in [1.54, 1.807) is 0 Å². The van der Waals surface area contributed by atoms with E-state index in [1.165, 1.54) is 6.92 Å². The lowest BCUT2D eigenvalue weighted by molar-refractivity contribution is -0.144. The van der Waals surface area contributed by atoms with Crippen LogP contribution in [0.3, 0.4) is 0 Å². The fourth-order valence-electron chi connectivity index (χ4n) is 3.18. The normalized spacial score (nSPS) is 37.2. The lowest BCUT2D eigenvalue weighted by Crippen LogP contribution is -2.41. The molecule has 4 nitrogen and oxygen atoms in total. The summed E-state index contributed by atoms with van der Waals surface area (Å²) >= 11 is 0. The highest BCUT2D eigenvalue weighted by atomic mass is 16.5. The molecule has 0 radical (unpaired) electrons. The van der Waals surface area contributed by atoms with Crippen LogP contribution in [0.5, 0.6) is 0 Å². The number of fused-ring (bicyclic) bond motifs is 1. The Kier molecular flexibility index (Phi) is 3.52. The quantitative estimate of drug-likeness (QED) is 0.579. The Morgan fingerprint density at radius 1 is 1.58 bits per heavy atom. The van der Waals surface area contributed by atoms with Crippen molar-refractivity contribution in [3.63, 3.8) is 0 Å². The van der Waals surface area contributed by atoms with Gasteiger partial charge < -0.3 is 9.47 Å². The lowest BCUT2D eigenvalue weighted by atomic mass is 9.60. The van der Waals surface area contributed by atoms with E-state index in [0.717, 1.165) is 6.42 Å². The number of hydrogen-bond donors (Lipinski definition) is 0. The molecule has 1 aliphatic heterocycles. The SMILES string of the molecule is CC(=O)OC/C=C/[C@@]1(C)CC=C[C@]2(C)COC(=O)[C@H]12. The van der Waals surface area contributed by atoms with Crippen molar-refractivity contribution >= 4 is 11.9 Å². The topological polar surface area (TPSA) is 52.6 Å². The molecule has 0 bridgehead atoms. The van der Waals surface area contributed by atoms with Crippen LogP contribution < -0.4 is 0 Å². The summed E-state index contributed by atoms with van der Waals surface area (Å²) in [7, 11) is 0. The van der Waals surface area contributed by atoms with Crippen LogP contribution in [-0.4, -0.2) is 25.2 Å². The van der Waals surface area contributed by atoms with E-state index in [1.807, 2.05) is 12.2 Å². The standard InChI is InChI=1S/C15H20O4/c1-11(16)18-9-5-8-14(2)6-4-7-15(3)10-19-13(17)12(14)15/h4-5,7-8,12H,6,9-10H2,1-3H3/b8-5+/t12-,14-,15-/m1/s1. The maximum atomic E-state index is 12.0. The number of allylic oxidation sites excluding steroid dienone is 2. The number of carbonyl (C=O) groups excluding carboxylic acids is 2. The molecule has 0 aromatic heterocycles. The molecule has 104 valence electrons. The van der Waals surface area contributed by atoms with Gasteiger partial charge in [0.25, 0.3) is 0 Å². The van der Waals surface area contributed by atoms with Crippen LogP contribution in [0, 0.1) is 16.7 Å². The number of esters is 2. The molecule has 0 aromatic rings. The van der Waals surface area contributed by atoms with Crippen LogP contribution in [-0.2, 0) is 19.1 Å². The number of hydrogen-bond acceptors (Lipinski definition) is 4. The van der Waals surface area contributed by atoms with Crippen LogP contribution in [0.25, 0.3) is 0 Å². The number of carbonyl (C=O) groups is 2. The first-order chi connectivity index (χ1) is 8.87. The monoisotopic (exact) mass is 264 g/mol. The molecule has 0 spiro atoms. The summed E-state index contributed by atoms with van der Waals surface area (Å²) in [6.07, 6.45) is 8.78. The smallest absolute Gasteiger partial charge is 0.310 e. The zero-order valence-corrected chi connectivity index (χ0v) is 11.6. The molecule has 0 N–H and O–H groups in total. The van der Waals surface area contributed by atoms with E-state index in [0.29, 0.717) is 6.61 Å². The van der Waals surface area contributed by atoms with Crippen molar-refractivity contribution in [2.24, 2.45) is 16.7 Å². The minimum Gasteiger partial charge on any atom is -0.464 e. The summed E-state index contributed by atoms with van der Waals surface area (Å²) in [4.78, 5) is 22.7. The van der Waals surface area contributed by atoms with Gasteiger partial charge in [0.2, 0.25) is 0 Å². The van der Waals surface area contributed by atoms with Crippen molar-refractivity contribution in [2.45, 2.75) is 27.2 Å². The lowest BCUT2D eigenvalue weighted by Gasteiger charge is -2.40. The molecule has 3 atom stereocenters. The Labute approximate surface area is 113 Å². The second-order valence-electron chi connectivity index (χ2n) is 5.86. The molecule has 2 rings (SSSR count). The molecule has 0 aromatic carbocycles. The highest BCUT2D eigenvalue weighted by molar-refractivity contribution is 5.78. The molecule has 1 fully saturated rings. The first kappa shape index (κ1) is 13.8. The van der Waals surface area contributed by atoms with E-state index < -0.39 is 0 Å². The predicted molar refractivity (Wildman–Crippen MR) is 70.2 cm³/mol. The summed E-state index contributed by atoms with van der Waals surface area (Å²) in [5.41, 5.74) is -0.507. The Morgan fingerprint density at radius 2 is 2.32 bits per heavy atom. The second-order valence-corrected chi connectivity index (χ2v) is 5.86. The van der Waals surface area contributed by atoms with E-state index in [4.69, 9.17) is 9.47 Å². The van der Waals surface area contributed by atoms with Gasteiger partial charge >= 0.3 is 11.9 Å². The van der Waals surface area contributed by atoms with E-state index in [2.05, 4.69) is 26.0 Å². The molecular formula is C15H20O4. The third-order valence-corrected chi connectivity index (χ3v) is 4.02. The van der Waals surface area contributed by atoms with Crippen molar-refractivity contribution in [2.75, 3.05) is 13.2 Å². The molecule has 2 aliphatic rings. The first-order valence-corrected chi connectivity index (χ1v) is 6.53. The van der Waals surface area contributed by atoms with Gasteiger partial charge in [0.05, 0.1) is 5.92 Å². The minimum absolute atomic E-state index is 0.133. The molecule has 1 aliphatic carbocycles. The van der Waals surface area contributed by atoms with Crippen molar-refractivity contribution in [3.8, 4) is 0 Å². The molecule has 1 saturated heterocycles. The van der Waals surface area contributed by atoms with Crippen molar-refractivity contribution < 1.29 is 19.1 Å². The van der Waals surface area contributed by atoms with Crippen molar-refractivity contribution in [3.05, 3.63) is 24.3 Å². The summed E-state index contributed by atoms with van der Waals surface area (Å²) in [6.45, 7) is 6.17. The average molecular weight is 264 g/mol. The highest BCUT2D eigenvalue weighted by Crippen LogP contribution is 2.52. The van der Waals surface area contributed by atoms with Crippen LogP contribution in [0.1, 0.15) is 27.2 Å². The first-order valence-electron chi connectivity index (χ1n) is 6.53. The molecular weight excluding hydrogens is 244 g/mol. The zero-order valence-electron chi connectivity index (χ0n) is 11.6. The van der Waals surface area contributed by atoms with Gasteiger partial charge in [-0.1, -0.05) is 38.2 Å². The second kappa shape index (κ2) is 4.83. The van der Waals surface area contributed by atoms with Gasteiger partial charge in [0, 0.05) is 17.8 Å². The molecule has 0 saturated carbocycles. The summed E-state index contributed by atoms with van der Waals surface area (Å²) in [5, 5.41) is 0. The van der Waals surface area contributed by atoms with E-state index in [9.17, 15) is 9.59 Å². The van der Waals surface area contributed by atoms with Gasteiger partial charge in [0.1, 0.15) is 13.2 Å². The maximum absolute atomic E-state index is 12.0. The van der Waals surface area contributed by atoms with E-state index >= 15 is 0 Å². The predicted octanol–water partition coefficient (Wildman–Crippen LogP) is 2.25. The summed E-state index contributed by atoms with van der Waals surface area (Å²) < 4.78 is 10.1. The Hall–Kier alpha value is -1.58. The third kappa shape index (κ3) is 2.57. The largest absolute Gasteiger partial charge is 0.464 e. The van der Waals surface area contributed by atoms with Crippen LogP contribution >= 0.6 is 0 Å². The molecule has 0 unspecified atom stereocenters. The van der Waals surface area contributed by atoms with Crippen LogP contribution in [0.15, 0.2) is 24.3 Å². The number of cyclic esters (lactones) is 1.